The Labute approximate surface area is 109 Å². The molecule has 2 rings (SSSR count). The van der Waals surface area contributed by atoms with E-state index in [1.165, 1.54) is 5.56 Å². The summed E-state index contributed by atoms with van der Waals surface area (Å²) >= 11 is 3.40. The van der Waals surface area contributed by atoms with Gasteiger partial charge in [-0.25, -0.2) is 4.98 Å². The van der Waals surface area contributed by atoms with Gasteiger partial charge in [-0.3, -0.25) is 0 Å². The first kappa shape index (κ1) is 11.7. The van der Waals surface area contributed by atoms with Crippen LogP contribution in [-0.2, 0) is 0 Å². The molecule has 2 aromatic rings. The first-order valence-electron chi connectivity index (χ1n) is 5.16. The van der Waals surface area contributed by atoms with Crippen LogP contribution in [0.5, 0.6) is 0 Å². The van der Waals surface area contributed by atoms with Gasteiger partial charge in [0, 0.05) is 5.56 Å². The van der Waals surface area contributed by atoms with E-state index in [-0.39, 0.29) is 0 Å². The summed E-state index contributed by atoms with van der Waals surface area (Å²) in [5.74, 6) is 6.53. The largest absolute Gasteiger partial charge is 0.384 e. The van der Waals surface area contributed by atoms with Gasteiger partial charge in [0.25, 0.3) is 0 Å². The lowest BCUT2D eigenvalue weighted by Gasteiger charge is -1.96. The van der Waals surface area contributed by atoms with Crippen molar-refractivity contribution < 1.29 is 0 Å². The van der Waals surface area contributed by atoms with E-state index >= 15 is 0 Å². The molecule has 0 unspecified atom stereocenters. The SMILES string of the molecule is Cc1ccc(C#Cc2nc(N)ccc2Br)cc1. The number of benzene rings is 1. The van der Waals surface area contributed by atoms with Gasteiger partial charge in [-0.15, -0.1) is 0 Å². The molecular formula is C14H11BrN2. The smallest absolute Gasteiger partial charge is 0.130 e. The molecule has 0 aliphatic carbocycles. The fraction of sp³-hybridized carbons (Fsp3) is 0.0714. The van der Waals surface area contributed by atoms with E-state index in [1.807, 2.05) is 37.3 Å². The highest BCUT2D eigenvalue weighted by Crippen LogP contribution is 2.15. The van der Waals surface area contributed by atoms with Gasteiger partial charge >= 0.3 is 0 Å². The Morgan fingerprint density at radius 3 is 2.47 bits per heavy atom. The molecule has 3 heteroatoms. The number of hydrogen-bond acceptors (Lipinski definition) is 2. The average molecular weight is 287 g/mol. The summed E-state index contributed by atoms with van der Waals surface area (Å²) in [7, 11) is 0. The molecule has 1 aromatic heterocycles. The Bertz CT molecular complexity index is 592. The first-order valence-corrected chi connectivity index (χ1v) is 5.95. The van der Waals surface area contributed by atoms with Crippen molar-refractivity contribution in [3.8, 4) is 11.8 Å². The molecule has 0 spiro atoms. The molecule has 0 bridgehead atoms. The molecule has 1 heterocycles. The van der Waals surface area contributed by atoms with E-state index in [0.29, 0.717) is 11.5 Å². The van der Waals surface area contributed by atoms with Gasteiger partial charge in [0.1, 0.15) is 11.5 Å². The Morgan fingerprint density at radius 1 is 1.06 bits per heavy atom. The third-order valence-electron chi connectivity index (χ3n) is 2.24. The Kier molecular flexibility index (Phi) is 3.46. The molecule has 0 atom stereocenters. The number of halogens is 1. The van der Waals surface area contributed by atoms with Gasteiger partial charge in [0.15, 0.2) is 0 Å². The predicted octanol–water partition coefficient (Wildman–Crippen LogP) is 3.13. The summed E-state index contributed by atoms with van der Waals surface area (Å²) in [6, 6.07) is 11.6. The molecule has 84 valence electrons. The third-order valence-corrected chi connectivity index (χ3v) is 2.88. The summed E-state index contributed by atoms with van der Waals surface area (Å²) < 4.78 is 0.853. The minimum atomic E-state index is 0.474. The number of nitrogen functional groups attached to an aromatic ring is 1. The molecule has 0 saturated carbocycles. The zero-order chi connectivity index (χ0) is 12.3. The third kappa shape index (κ3) is 3.08. The molecule has 0 aliphatic heterocycles. The second-order valence-electron chi connectivity index (χ2n) is 3.68. The molecule has 1 aromatic carbocycles. The average Bonchev–Trinajstić information content (AvgIpc) is 2.32. The van der Waals surface area contributed by atoms with E-state index in [2.05, 4.69) is 32.8 Å². The van der Waals surface area contributed by atoms with E-state index in [9.17, 15) is 0 Å². The van der Waals surface area contributed by atoms with Crippen molar-refractivity contribution in [3.05, 3.63) is 57.7 Å². The van der Waals surface area contributed by atoms with Crippen LogP contribution in [-0.4, -0.2) is 4.98 Å². The van der Waals surface area contributed by atoms with Gasteiger partial charge in [-0.2, -0.15) is 0 Å². The van der Waals surface area contributed by atoms with Crippen molar-refractivity contribution >= 4 is 21.7 Å². The molecule has 2 N–H and O–H groups in total. The molecule has 17 heavy (non-hydrogen) atoms. The maximum Gasteiger partial charge on any atom is 0.130 e. The number of pyridine rings is 1. The van der Waals surface area contributed by atoms with Gasteiger partial charge in [-0.1, -0.05) is 23.6 Å². The number of nitrogens with two attached hydrogens (primary N) is 1. The number of rotatable bonds is 0. The first-order chi connectivity index (χ1) is 8.15. The van der Waals surface area contributed by atoms with Gasteiger partial charge in [-0.05, 0) is 53.0 Å². The molecule has 2 nitrogen and oxygen atoms in total. The fourth-order valence-corrected chi connectivity index (χ4v) is 1.63. The predicted molar refractivity (Wildman–Crippen MR) is 73.5 cm³/mol. The summed E-state index contributed by atoms with van der Waals surface area (Å²) in [5.41, 5.74) is 8.46. The molecule has 0 saturated heterocycles. The highest BCUT2D eigenvalue weighted by atomic mass is 79.9. The van der Waals surface area contributed by atoms with Crippen molar-refractivity contribution in [3.63, 3.8) is 0 Å². The topological polar surface area (TPSA) is 38.9 Å². The van der Waals surface area contributed by atoms with Crippen LogP contribution in [0.4, 0.5) is 5.82 Å². The molecular weight excluding hydrogens is 276 g/mol. The number of anilines is 1. The van der Waals surface area contributed by atoms with Crippen LogP contribution in [0.1, 0.15) is 16.8 Å². The lowest BCUT2D eigenvalue weighted by Crippen LogP contribution is -1.92. The van der Waals surface area contributed by atoms with Gasteiger partial charge in [0.05, 0.1) is 4.47 Å². The van der Waals surface area contributed by atoms with Crippen LogP contribution in [0.2, 0.25) is 0 Å². The van der Waals surface area contributed by atoms with E-state index in [0.717, 1.165) is 10.0 Å². The Balaban J connectivity index is 2.32. The minimum absolute atomic E-state index is 0.474. The Morgan fingerprint density at radius 2 is 1.76 bits per heavy atom. The number of nitrogens with zero attached hydrogens (tertiary/aromatic N) is 1. The van der Waals surface area contributed by atoms with Crippen LogP contribution in [0, 0.1) is 18.8 Å². The van der Waals surface area contributed by atoms with Gasteiger partial charge < -0.3 is 5.73 Å². The summed E-state index contributed by atoms with van der Waals surface area (Å²) in [6.45, 7) is 2.05. The zero-order valence-electron chi connectivity index (χ0n) is 9.37. The van der Waals surface area contributed by atoms with Crippen molar-refractivity contribution in [1.29, 1.82) is 0 Å². The van der Waals surface area contributed by atoms with E-state index in [4.69, 9.17) is 5.73 Å². The Hall–Kier alpha value is -1.79. The number of hydrogen-bond donors (Lipinski definition) is 1. The standard InChI is InChI=1S/C14H11BrN2/c1-10-2-4-11(5-3-10)6-8-13-12(15)7-9-14(16)17-13/h2-5,7,9H,1H3,(H2,16,17). The van der Waals surface area contributed by atoms with Crippen molar-refractivity contribution in [1.82, 2.24) is 4.98 Å². The highest BCUT2D eigenvalue weighted by Gasteiger charge is 1.97. The van der Waals surface area contributed by atoms with Crippen molar-refractivity contribution in [2.24, 2.45) is 0 Å². The van der Waals surface area contributed by atoms with E-state index in [1.54, 1.807) is 6.07 Å². The van der Waals surface area contributed by atoms with E-state index < -0.39 is 0 Å². The second kappa shape index (κ2) is 5.03. The van der Waals surface area contributed by atoms with Crippen LogP contribution in [0.25, 0.3) is 0 Å². The minimum Gasteiger partial charge on any atom is -0.384 e. The monoisotopic (exact) mass is 286 g/mol. The fourth-order valence-electron chi connectivity index (χ4n) is 1.31. The highest BCUT2D eigenvalue weighted by molar-refractivity contribution is 9.10. The van der Waals surface area contributed by atoms with Gasteiger partial charge in [0.2, 0.25) is 0 Å². The maximum absolute atomic E-state index is 5.62. The summed E-state index contributed by atoms with van der Waals surface area (Å²) in [6.07, 6.45) is 0. The van der Waals surface area contributed by atoms with Crippen LogP contribution in [0.3, 0.4) is 0 Å². The molecule has 0 radical (unpaired) electrons. The number of aromatic nitrogens is 1. The molecule has 0 aliphatic rings. The normalized spacial score (nSPS) is 9.53. The van der Waals surface area contributed by atoms with Crippen molar-refractivity contribution in [2.75, 3.05) is 5.73 Å². The summed E-state index contributed by atoms with van der Waals surface area (Å²) in [4.78, 5) is 4.16. The molecule has 0 fully saturated rings. The maximum atomic E-state index is 5.62. The second-order valence-corrected chi connectivity index (χ2v) is 4.54. The number of aryl methyl sites for hydroxylation is 1. The molecule has 0 amide bonds. The zero-order valence-corrected chi connectivity index (χ0v) is 11.0. The summed E-state index contributed by atoms with van der Waals surface area (Å²) in [5, 5.41) is 0. The lowest BCUT2D eigenvalue weighted by molar-refractivity contribution is 1.28. The lowest BCUT2D eigenvalue weighted by atomic mass is 10.1. The van der Waals surface area contributed by atoms with Crippen LogP contribution in [0.15, 0.2) is 40.9 Å². The van der Waals surface area contributed by atoms with Crippen LogP contribution < -0.4 is 5.73 Å². The van der Waals surface area contributed by atoms with Crippen molar-refractivity contribution in [2.45, 2.75) is 6.92 Å². The van der Waals surface area contributed by atoms with Crippen LogP contribution >= 0.6 is 15.9 Å². The quantitative estimate of drug-likeness (QED) is 0.756.